The Balaban J connectivity index is 1.51. The van der Waals surface area contributed by atoms with E-state index in [-0.39, 0.29) is 24.1 Å². The zero-order valence-corrected chi connectivity index (χ0v) is 18.2. The lowest BCUT2D eigenvalue weighted by molar-refractivity contribution is -0.122. The number of carbonyl (C=O) groups excluding carboxylic acids is 1. The predicted molar refractivity (Wildman–Crippen MR) is 122 cm³/mol. The van der Waals surface area contributed by atoms with Gasteiger partial charge in [-0.25, -0.2) is 4.98 Å². The number of hydrogen-bond acceptors (Lipinski definition) is 4. The van der Waals surface area contributed by atoms with Crippen LogP contribution in [0.1, 0.15) is 18.3 Å². The second-order valence-electron chi connectivity index (χ2n) is 7.89. The molecule has 1 atom stereocenters. The Labute approximate surface area is 180 Å². The highest BCUT2D eigenvalue weighted by Crippen LogP contribution is 2.26. The number of carbonyl (C=O) groups is 1. The van der Waals surface area contributed by atoms with Crippen LogP contribution in [0, 0.1) is 6.92 Å². The van der Waals surface area contributed by atoms with Gasteiger partial charge in [0, 0.05) is 30.2 Å². The lowest BCUT2D eigenvalue weighted by Crippen LogP contribution is -2.39. The maximum absolute atomic E-state index is 12.8. The van der Waals surface area contributed by atoms with Gasteiger partial charge in [0.2, 0.25) is 5.91 Å². The lowest BCUT2D eigenvalue weighted by atomic mass is 10.1. The molecule has 0 saturated heterocycles. The maximum atomic E-state index is 12.8. The number of methoxy groups -OCH3 is 1. The fraction of sp³-hybridized carbons (Fsp3) is 0.292. The summed E-state index contributed by atoms with van der Waals surface area (Å²) in [6.45, 7) is 3.65. The highest BCUT2D eigenvalue weighted by atomic mass is 16.5. The topological polar surface area (TPSA) is 78.2 Å². The van der Waals surface area contributed by atoms with E-state index in [0.717, 1.165) is 22.2 Å². The van der Waals surface area contributed by atoms with E-state index in [2.05, 4.69) is 21.1 Å². The summed E-state index contributed by atoms with van der Waals surface area (Å²) >= 11 is 0. The third-order valence-electron chi connectivity index (χ3n) is 5.57. The fourth-order valence-corrected chi connectivity index (χ4v) is 4.05. The maximum Gasteiger partial charge on any atom is 0.261 e. The number of benzene rings is 2. The number of nitrogens with zero attached hydrogens (tertiary/aromatic N) is 3. The van der Waals surface area contributed by atoms with Crippen LogP contribution in [-0.2, 0) is 24.8 Å². The Hall–Kier alpha value is -3.61. The van der Waals surface area contributed by atoms with Gasteiger partial charge in [-0.15, -0.1) is 0 Å². The monoisotopic (exact) mass is 418 g/mol. The minimum absolute atomic E-state index is 0.0593. The van der Waals surface area contributed by atoms with Crippen molar-refractivity contribution in [2.75, 3.05) is 7.11 Å². The molecule has 31 heavy (non-hydrogen) atoms. The van der Waals surface area contributed by atoms with E-state index in [4.69, 9.17) is 4.74 Å². The molecular formula is C24H26N4O3. The molecule has 0 aliphatic carbocycles. The Bertz CT molecular complexity index is 1340. The van der Waals surface area contributed by atoms with Gasteiger partial charge in [-0.3, -0.25) is 14.2 Å². The minimum Gasteiger partial charge on any atom is -0.497 e. The molecule has 1 amide bonds. The number of aryl methyl sites for hydroxylation is 2. The third kappa shape index (κ3) is 4.03. The van der Waals surface area contributed by atoms with Crippen molar-refractivity contribution >= 4 is 27.7 Å². The summed E-state index contributed by atoms with van der Waals surface area (Å²) in [5.74, 6) is 1.11. The molecule has 4 aromatic rings. The molecule has 1 N–H and O–H groups in total. The van der Waals surface area contributed by atoms with Crippen molar-refractivity contribution in [3.05, 3.63) is 70.4 Å². The first kappa shape index (κ1) is 20.7. The molecule has 2 aromatic heterocycles. The minimum atomic E-state index is -0.215. The molecular weight excluding hydrogens is 392 g/mol. The van der Waals surface area contributed by atoms with E-state index < -0.39 is 0 Å². The molecule has 0 bridgehead atoms. The van der Waals surface area contributed by atoms with Gasteiger partial charge in [0.25, 0.3) is 5.56 Å². The largest absolute Gasteiger partial charge is 0.497 e. The first-order valence-corrected chi connectivity index (χ1v) is 10.2. The molecule has 2 heterocycles. The Morgan fingerprint density at radius 3 is 2.74 bits per heavy atom. The molecule has 0 saturated carbocycles. The van der Waals surface area contributed by atoms with E-state index in [1.54, 1.807) is 32.2 Å². The Morgan fingerprint density at radius 2 is 1.97 bits per heavy atom. The highest BCUT2D eigenvalue weighted by Gasteiger charge is 2.16. The van der Waals surface area contributed by atoms with Crippen LogP contribution in [0.4, 0.5) is 0 Å². The molecule has 0 spiro atoms. The molecule has 0 fully saturated rings. The molecule has 160 valence electrons. The second kappa shape index (κ2) is 8.26. The van der Waals surface area contributed by atoms with Crippen LogP contribution >= 0.6 is 0 Å². The Kier molecular flexibility index (Phi) is 5.50. The zero-order valence-electron chi connectivity index (χ0n) is 18.2. The summed E-state index contributed by atoms with van der Waals surface area (Å²) in [5.41, 5.74) is 2.68. The van der Waals surface area contributed by atoms with Crippen LogP contribution in [0.15, 0.2) is 53.5 Å². The van der Waals surface area contributed by atoms with E-state index in [1.165, 1.54) is 4.57 Å². The van der Waals surface area contributed by atoms with E-state index >= 15 is 0 Å². The third-order valence-corrected chi connectivity index (χ3v) is 5.57. The van der Waals surface area contributed by atoms with E-state index in [9.17, 15) is 9.59 Å². The number of ether oxygens (including phenoxy) is 1. The summed E-state index contributed by atoms with van der Waals surface area (Å²) < 4.78 is 8.85. The zero-order chi connectivity index (χ0) is 22.1. The molecule has 0 unspecified atom stereocenters. The van der Waals surface area contributed by atoms with Crippen molar-refractivity contribution in [1.82, 2.24) is 19.4 Å². The highest BCUT2D eigenvalue weighted by molar-refractivity contribution is 5.85. The van der Waals surface area contributed by atoms with Crippen molar-refractivity contribution in [1.29, 1.82) is 0 Å². The van der Waals surface area contributed by atoms with Crippen molar-refractivity contribution < 1.29 is 9.53 Å². The van der Waals surface area contributed by atoms with Gasteiger partial charge in [0.1, 0.15) is 18.1 Å². The van der Waals surface area contributed by atoms with Crippen LogP contribution < -0.4 is 15.6 Å². The number of hydrogen-bond donors (Lipinski definition) is 1. The van der Waals surface area contributed by atoms with Crippen LogP contribution in [0.5, 0.6) is 5.75 Å². The fourth-order valence-electron chi connectivity index (χ4n) is 4.05. The molecule has 0 aliphatic heterocycles. The smallest absolute Gasteiger partial charge is 0.261 e. The number of nitrogens with one attached hydrogen (secondary N) is 1. The summed E-state index contributed by atoms with van der Waals surface area (Å²) in [4.78, 5) is 30.0. The molecule has 7 nitrogen and oxygen atoms in total. The Morgan fingerprint density at radius 1 is 1.19 bits per heavy atom. The van der Waals surface area contributed by atoms with Crippen LogP contribution in [0.2, 0.25) is 0 Å². The van der Waals surface area contributed by atoms with Crippen molar-refractivity contribution in [2.24, 2.45) is 7.05 Å². The van der Waals surface area contributed by atoms with Crippen molar-refractivity contribution in [3.63, 3.8) is 0 Å². The summed E-state index contributed by atoms with van der Waals surface area (Å²) in [6, 6.07) is 13.1. The lowest BCUT2D eigenvalue weighted by Gasteiger charge is -2.15. The quantitative estimate of drug-likeness (QED) is 0.522. The van der Waals surface area contributed by atoms with Crippen molar-refractivity contribution in [3.8, 4) is 5.75 Å². The molecule has 0 aliphatic rings. The first-order chi connectivity index (χ1) is 14.9. The summed E-state index contributed by atoms with van der Waals surface area (Å²) in [5, 5.41) is 4.63. The van der Waals surface area contributed by atoms with Gasteiger partial charge in [-0.2, -0.15) is 0 Å². The summed E-state index contributed by atoms with van der Waals surface area (Å²) in [7, 11) is 3.65. The van der Waals surface area contributed by atoms with Crippen LogP contribution in [0.3, 0.4) is 0 Å². The van der Waals surface area contributed by atoms with Gasteiger partial charge < -0.3 is 14.6 Å². The molecule has 7 heteroatoms. The average molecular weight is 418 g/mol. The SMILES string of the molecule is COc1ccc2c(c1)c(C[C@@H](C)NC(=O)Cn1c(C)nc3ccccc3c1=O)cn2C. The van der Waals surface area contributed by atoms with Gasteiger partial charge in [-0.05, 0) is 56.2 Å². The van der Waals surface area contributed by atoms with Gasteiger partial charge in [0.15, 0.2) is 0 Å². The average Bonchev–Trinajstić information content (AvgIpc) is 3.05. The predicted octanol–water partition coefficient (Wildman–Crippen LogP) is 2.95. The second-order valence-corrected chi connectivity index (χ2v) is 7.89. The van der Waals surface area contributed by atoms with E-state index in [0.29, 0.717) is 23.1 Å². The molecule has 2 aromatic carbocycles. The van der Waals surface area contributed by atoms with Crippen LogP contribution in [-0.4, -0.2) is 33.2 Å². The first-order valence-electron chi connectivity index (χ1n) is 10.2. The van der Waals surface area contributed by atoms with Crippen molar-refractivity contribution in [2.45, 2.75) is 32.9 Å². The summed E-state index contributed by atoms with van der Waals surface area (Å²) in [6.07, 6.45) is 2.74. The molecule has 0 radical (unpaired) electrons. The van der Waals surface area contributed by atoms with Gasteiger partial charge in [-0.1, -0.05) is 12.1 Å². The van der Waals surface area contributed by atoms with Crippen LogP contribution in [0.25, 0.3) is 21.8 Å². The number of para-hydroxylation sites is 1. The van der Waals surface area contributed by atoms with Gasteiger partial charge in [0.05, 0.1) is 18.0 Å². The number of rotatable bonds is 6. The molecule has 4 rings (SSSR count). The van der Waals surface area contributed by atoms with Gasteiger partial charge >= 0.3 is 0 Å². The number of fused-ring (bicyclic) bond motifs is 2. The number of amides is 1. The standard InChI is InChI=1S/C24H26N4O3/c1-15(11-17-13-27(3)22-10-9-18(31-4)12-20(17)22)25-23(29)14-28-16(2)26-21-8-6-5-7-19(21)24(28)30/h5-10,12-13,15H,11,14H2,1-4H3,(H,25,29)/t15-/m1/s1. The van der Waals surface area contributed by atoms with E-state index in [1.807, 2.05) is 38.2 Å². The number of aromatic nitrogens is 3. The normalized spacial score (nSPS) is 12.3.